The molecule has 0 bridgehead atoms. The minimum atomic E-state index is -1.66. The number of aliphatic hydroxyl groups is 8. The van der Waals surface area contributed by atoms with Crippen molar-refractivity contribution in [1.82, 2.24) is 0 Å². The third kappa shape index (κ3) is 4.84. The van der Waals surface area contributed by atoms with Gasteiger partial charge in [0.15, 0.2) is 11.5 Å². The molecular formula is C20H30O12. The van der Waals surface area contributed by atoms with Gasteiger partial charge in [-0.2, -0.15) is 0 Å². The fraction of sp³-hybridized carbons (Fsp3) is 0.700. The number of benzene rings is 1. The highest BCUT2D eigenvalue weighted by molar-refractivity contribution is 5.47. The van der Waals surface area contributed by atoms with Crippen LogP contribution in [0.5, 0.6) is 11.5 Å². The van der Waals surface area contributed by atoms with Crippen LogP contribution in [0.2, 0.25) is 0 Å². The molecule has 0 aromatic heterocycles. The first-order chi connectivity index (χ1) is 15.1. The molecule has 2 aliphatic rings. The molecule has 0 unspecified atom stereocenters. The molecule has 12 heteroatoms. The van der Waals surface area contributed by atoms with E-state index < -0.39 is 74.6 Å². The highest BCUT2D eigenvalue weighted by Crippen LogP contribution is 2.36. The molecule has 2 saturated heterocycles. The Hall–Kier alpha value is -1.58. The van der Waals surface area contributed by atoms with Crippen LogP contribution in [0.3, 0.4) is 0 Å². The first kappa shape index (κ1) is 25.1. The maximum atomic E-state index is 10.3. The second-order valence-electron chi connectivity index (χ2n) is 8.01. The number of aryl methyl sites for hydroxylation is 2. The Labute approximate surface area is 183 Å². The summed E-state index contributed by atoms with van der Waals surface area (Å²) in [5, 5.41) is 79.1. The lowest BCUT2D eigenvalue weighted by Gasteiger charge is -2.41. The van der Waals surface area contributed by atoms with E-state index in [0.717, 1.165) is 11.1 Å². The van der Waals surface area contributed by atoms with Crippen molar-refractivity contribution in [2.24, 2.45) is 0 Å². The molecule has 0 radical (unpaired) electrons. The van der Waals surface area contributed by atoms with Gasteiger partial charge in [0, 0.05) is 0 Å². The third-order valence-electron chi connectivity index (χ3n) is 5.74. The fourth-order valence-electron chi connectivity index (χ4n) is 3.53. The Bertz CT molecular complexity index is 708. The summed E-state index contributed by atoms with van der Waals surface area (Å²) in [5.74, 6) is 0.0174. The number of rotatable bonds is 6. The lowest BCUT2D eigenvalue weighted by Crippen LogP contribution is -2.60. The van der Waals surface area contributed by atoms with Crippen molar-refractivity contribution in [1.29, 1.82) is 0 Å². The molecule has 8 N–H and O–H groups in total. The summed E-state index contributed by atoms with van der Waals surface area (Å²) in [7, 11) is 0. The zero-order valence-corrected chi connectivity index (χ0v) is 17.6. The van der Waals surface area contributed by atoms with Crippen LogP contribution >= 0.6 is 0 Å². The van der Waals surface area contributed by atoms with Gasteiger partial charge in [-0.25, -0.2) is 0 Å². The summed E-state index contributed by atoms with van der Waals surface area (Å²) in [6.07, 6.45) is -15.0. The maximum absolute atomic E-state index is 10.3. The highest BCUT2D eigenvalue weighted by atomic mass is 16.7. The van der Waals surface area contributed by atoms with E-state index >= 15 is 0 Å². The van der Waals surface area contributed by atoms with E-state index in [-0.39, 0.29) is 11.5 Å². The lowest BCUT2D eigenvalue weighted by atomic mass is 9.99. The number of aliphatic hydroxyl groups excluding tert-OH is 8. The third-order valence-corrected chi connectivity index (χ3v) is 5.74. The summed E-state index contributed by atoms with van der Waals surface area (Å²) >= 11 is 0. The molecule has 1 aromatic rings. The standard InChI is InChI=1S/C20H30O12/c1-7-3-9(29-19-17(27)15(25)13(23)11(5-21)31-19)10(4-8(7)2)30-20-18(28)16(26)14(24)12(6-22)32-20/h3-4,11-28H,5-6H2,1-2H3/t11-,12-,13-,14-,15+,16+,17-,18+,19-,20+/m1/s1. The van der Waals surface area contributed by atoms with E-state index in [9.17, 15) is 40.9 Å². The van der Waals surface area contributed by atoms with Crippen molar-refractivity contribution in [3.63, 3.8) is 0 Å². The van der Waals surface area contributed by atoms with Crippen LogP contribution < -0.4 is 9.47 Å². The van der Waals surface area contributed by atoms with Crippen molar-refractivity contribution in [2.45, 2.75) is 75.3 Å². The van der Waals surface area contributed by atoms with Gasteiger partial charge in [0.05, 0.1) is 13.2 Å². The summed E-state index contributed by atoms with van der Waals surface area (Å²) in [4.78, 5) is 0. The molecule has 10 atom stereocenters. The first-order valence-electron chi connectivity index (χ1n) is 10.1. The Morgan fingerprint density at radius 1 is 0.625 bits per heavy atom. The molecule has 2 aliphatic heterocycles. The van der Waals surface area contributed by atoms with Gasteiger partial charge >= 0.3 is 0 Å². The number of hydrogen-bond donors (Lipinski definition) is 8. The SMILES string of the molecule is Cc1cc(O[C@H]2O[C@H](CO)[C@@H](O)[C@H](O)[C@@H]2O)c(O[C@@H]2O[C@H](CO)[C@@H](O)[C@H](O)[C@H]2O)cc1C. The van der Waals surface area contributed by atoms with Crippen LogP contribution in [0.15, 0.2) is 12.1 Å². The predicted octanol–water partition coefficient (Wildman–Crippen LogP) is -3.34. The predicted molar refractivity (Wildman–Crippen MR) is 105 cm³/mol. The molecule has 1 aromatic carbocycles. The van der Waals surface area contributed by atoms with Crippen LogP contribution in [0, 0.1) is 13.8 Å². The molecule has 0 amide bonds. The van der Waals surface area contributed by atoms with Crippen LogP contribution in [0.1, 0.15) is 11.1 Å². The minimum Gasteiger partial charge on any atom is -0.458 e. The van der Waals surface area contributed by atoms with Crippen LogP contribution in [-0.4, -0.2) is 115 Å². The number of hydrogen-bond acceptors (Lipinski definition) is 12. The second-order valence-corrected chi connectivity index (χ2v) is 8.01. The van der Waals surface area contributed by atoms with Crippen LogP contribution in [-0.2, 0) is 9.47 Å². The molecular weight excluding hydrogens is 432 g/mol. The highest BCUT2D eigenvalue weighted by Gasteiger charge is 2.46. The Morgan fingerprint density at radius 3 is 1.28 bits per heavy atom. The monoisotopic (exact) mass is 462 g/mol. The summed E-state index contributed by atoms with van der Waals surface area (Å²) in [6.45, 7) is 2.28. The number of ether oxygens (including phenoxy) is 4. The van der Waals surface area contributed by atoms with E-state index in [1.165, 1.54) is 12.1 Å². The van der Waals surface area contributed by atoms with Gasteiger partial charge in [-0.15, -0.1) is 0 Å². The van der Waals surface area contributed by atoms with Crippen molar-refractivity contribution in [3.8, 4) is 11.5 Å². The summed E-state index contributed by atoms with van der Waals surface area (Å²) in [6, 6.07) is 3.08. The molecule has 32 heavy (non-hydrogen) atoms. The van der Waals surface area contributed by atoms with E-state index in [1.807, 2.05) is 0 Å². The van der Waals surface area contributed by atoms with Gasteiger partial charge in [-0.3, -0.25) is 0 Å². The van der Waals surface area contributed by atoms with Gasteiger partial charge in [0.25, 0.3) is 0 Å². The van der Waals surface area contributed by atoms with Crippen molar-refractivity contribution in [3.05, 3.63) is 23.3 Å². The molecule has 3 rings (SSSR count). The van der Waals surface area contributed by atoms with Crippen molar-refractivity contribution in [2.75, 3.05) is 13.2 Å². The van der Waals surface area contributed by atoms with E-state index in [4.69, 9.17) is 18.9 Å². The average Bonchev–Trinajstić information content (AvgIpc) is 2.77. The lowest BCUT2D eigenvalue weighted by molar-refractivity contribution is -0.282. The summed E-state index contributed by atoms with van der Waals surface area (Å²) in [5.41, 5.74) is 1.51. The Balaban J connectivity index is 1.86. The fourth-order valence-corrected chi connectivity index (χ4v) is 3.53. The minimum absolute atomic E-state index is 0.00869. The Kier molecular flexibility index (Phi) is 7.93. The maximum Gasteiger partial charge on any atom is 0.229 e. The molecule has 2 heterocycles. The van der Waals surface area contributed by atoms with Gasteiger partial charge in [-0.1, -0.05) is 0 Å². The molecule has 182 valence electrons. The molecule has 2 fully saturated rings. The van der Waals surface area contributed by atoms with Gasteiger partial charge < -0.3 is 59.8 Å². The van der Waals surface area contributed by atoms with E-state index in [2.05, 4.69) is 0 Å². The quantitative estimate of drug-likeness (QED) is 0.209. The molecule has 0 aliphatic carbocycles. The van der Waals surface area contributed by atoms with Gasteiger partial charge in [0.1, 0.15) is 48.8 Å². The smallest absolute Gasteiger partial charge is 0.229 e. The van der Waals surface area contributed by atoms with Crippen molar-refractivity contribution >= 4 is 0 Å². The average molecular weight is 462 g/mol. The van der Waals surface area contributed by atoms with Gasteiger partial charge in [0.2, 0.25) is 12.6 Å². The molecule has 12 nitrogen and oxygen atoms in total. The molecule has 0 spiro atoms. The largest absolute Gasteiger partial charge is 0.458 e. The van der Waals surface area contributed by atoms with Crippen LogP contribution in [0.4, 0.5) is 0 Å². The normalized spacial score (nSPS) is 40.2. The topological polar surface area (TPSA) is 199 Å². The van der Waals surface area contributed by atoms with E-state index in [1.54, 1.807) is 13.8 Å². The first-order valence-corrected chi connectivity index (χ1v) is 10.1. The Morgan fingerprint density at radius 2 is 0.969 bits per heavy atom. The van der Waals surface area contributed by atoms with Crippen molar-refractivity contribution < 1.29 is 59.8 Å². The molecule has 0 saturated carbocycles. The van der Waals surface area contributed by atoms with Gasteiger partial charge in [-0.05, 0) is 37.1 Å². The van der Waals surface area contributed by atoms with Crippen LogP contribution in [0.25, 0.3) is 0 Å². The second kappa shape index (κ2) is 10.1. The zero-order valence-electron chi connectivity index (χ0n) is 17.6. The summed E-state index contributed by atoms with van der Waals surface area (Å²) < 4.78 is 22.1. The van der Waals surface area contributed by atoms with E-state index in [0.29, 0.717) is 0 Å². The zero-order chi connectivity index (χ0) is 23.7.